The third kappa shape index (κ3) is 4.83. The molecule has 168 valence electrons. The van der Waals surface area contributed by atoms with Crippen molar-refractivity contribution in [3.63, 3.8) is 0 Å². The molecule has 0 saturated heterocycles. The smallest absolute Gasteiger partial charge is 0.256 e. The number of nitrogens with one attached hydrogen (secondary N) is 1. The number of carbonyl (C=O) groups is 1. The zero-order valence-electron chi connectivity index (χ0n) is 18.3. The second-order valence-electron chi connectivity index (χ2n) is 7.96. The molecule has 9 heteroatoms. The molecule has 8 nitrogen and oxygen atoms in total. The van der Waals surface area contributed by atoms with Crippen LogP contribution in [0.25, 0.3) is 11.4 Å². The van der Waals surface area contributed by atoms with E-state index in [4.69, 9.17) is 4.52 Å². The Labute approximate surface area is 195 Å². The number of amides is 1. The van der Waals surface area contributed by atoms with Gasteiger partial charge in [-0.1, -0.05) is 35.8 Å². The van der Waals surface area contributed by atoms with Gasteiger partial charge in [0.1, 0.15) is 5.82 Å². The van der Waals surface area contributed by atoms with E-state index >= 15 is 0 Å². The maximum absolute atomic E-state index is 13.1. The molecule has 0 bridgehead atoms. The highest BCUT2D eigenvalue weighted by atomic mass is 32.2. The molecule has 1 aliphatic rings. The summed E-state index contributed by atoms with van der Waals surface area (Å²) in [6.07, 6.45) is 4.45. The monoisotopic (exact) mass is 460 g/mol. The van der Waals surface area contributed by atoms with E-state index in [9.17, 15) is 4.79 Å². The van der Waals surface area contributed by atoms with Crippen molar-refractivity contribution in [3.8, 4) is 11.4 Å². The molecule has 3 heterocycles. The Kier molecular flexibility index (Phi) is 6.21. The molecule has 2 aromatic carbocycles. The van der Waals surface area contributed by atoms with E-state index in [0.29, 0.717) is 23.0 Å². The Morgan fingerprint density at radius 2 is 2.03 bits per heavy atom. The molecule has 4 aromatic rings. The lowest BCUT2D eigenvalue weighted by molar-refractivity contribution is 0.102. The number of hydrogen-bond donors (Lipinski definition) is 1. The number of benzene rings is 2. The molecule has 2 aromatic heterocycles. The fraction of sp³-hybridized carbons (Fsp3) is 0.292. The molecule has 5 rings (SSSR count). The van der Waals surface area contributed by atoms with E-state index < -0.39 is 0 Å². The fourth-order valence-corrected chi connectivity index (χ4v) is 4.84. The summed E-state index contributed by atoms with van der Waals surface area (Å²) in [6.45, 7) is 2.71. The Morgan fingerprint density at radius 1 is 1.12 bits per heavy atom. The van der Waals surface area contributed by atoms with Gasteiger partial charge in [-0.3, -0.25) is 4.79 Å². The number of thioether (sulfide) groups is 1. The Balaban J connectivity index is 1.34. The van der Waals surface area contributed by atoms with Crippen LogP contribution in [0.3, 0.4) is 0 Å². The molecule has 1 N–H and O–H groups in total. The van der Waals surface area contributed by atoms with Gasteiger partial charge in [-0.05, 0) is 44.0 Å². The van der Waals surface area contributed by atoms with Crippen molar-refractivity contribution >= 4 is 23.4 Å². The van der Waals surface area contributed by atoms with Gasteiger partial charge in [0, 0.05) is 29.1 Å². The number of carbonyl (C=O) groups excluding carboxylic acids is 1. The van der Waals surface area contributed by atoms with Crippen LogP contribution in [-0.2, 0) is 18.7 Å². The van der Waals surface area contributed by atoms with Crippen LogP contribution in [0.15, 0.2) is 57.9 Å². The highest BCUT2D eigenvalue weighted by Crippen LogP contribution is 2.28. The summed E-state index contributed by atoms with van der Waals surface area (Å²) >= 11 is 1.49. The second-order valence-corrected chi connectivity index (χ2v) is 8.97. The first-order chi connectivity index (χ1) is 16.2. The normalized spacial score (nSPS) is 13.4. The zero-order valence-corrected chi connectivity index (χ0v) is 19.1. The Hall–Kier alpha value is -3.46. The number of nitrogens with zero attached hydrogens (tertiary/aromatic N) is 5. The lowest BCUT2D eigenvalue weighted by Gasteiger charge is -2.11. The maximum atomic E-state index is 13.1. The molecule has 0 unspecified atom stereocenters. The number of hydrogen-bond acceptors (Lipinski definition) is 7. The van der Waals surface area contributed by atoms with Crippen molar-refractivity contribution in [1.29, 1.82) is 0 Å². The molecule has 0 fully saturated rings. The molecule has 33 heavy (non-hydrogen) atoms. The van der Waals surface area contributed by atoms with Crippen LogP contribution in [0.5, 0.6) is 0 Å². The molecule has 0 atom stereocenters. The van der Waals surface area contributed by atoms with Gasteiger partial charge < -0.3 is 14.4 Å². The summed E-state index contributed by atoms with van der Waals surface area (Å²) < 4.78 is 7.39. The van der Waals surface area contributed by atoms with Gasteiger partial charge in [-0.2, -0.15) is 4.98 Å². The Bertz CT molecular complexity index is 1280. The fourth-order valence-electron chi connectivity index (χ4n) is 3.95. The van der Waals surface area contributed by atoms with Gasteiger partial charge in [-0.15, -0.1) is 22.0 Å². The predicted molar refractivity (Wildman–Crippen MR) is 126 cm³/mol. The topological polar surface area (TPSA) is 98.7 Å². The first-order valence-corrected chi connectivity index (χ1v) is 12.0. The van der Waals surface area contributed by atoms with Crippen molar-refractivity contribution in [2.24, 2.45) is 0 Å². The molecule has 0 saturated carbocycles. The van der Waals surface area contributed by atoms with E-state index in [2.05, 4.69) is 30.2 Å². The average Bonchev–Trinajstić information content (AvgIpc) is 3.36. The number of anilines is 1. The van der Waals surface area contributed by atoms with Crippen molar-refractivity contribution in [2.75, 3.05) is 5.32 Å². The SMILES string of the molecule is Cc1noc(CSc2ccccc2C(=O)Nc2cccc(-c3nnc4n3CCCCC4)c2)n1. The first kappa shape index (κ1) is 21.4. The first-order valence-electron chi connectivity index (χ1n) is 11.0. The van der Waals surface area contributed by atoms with Gasteiger partial charge in [-0.25, -0.2) is 0 Å². The van der Waals surface area contributed by atoms with E-state index in [0.717, 1.165) is 53.6 Å². The number of aromatic nitrogens is 5. The maximum Gasteiger partial charge on any atom is 0.256 e. The summed E-state index contributed by atoms with van der Waals surface area (Å²) in [5, 5.41) is 15.7. The van der Waals surface area contributed by atoms with Crippen molar-refractivity contribution in [2.45, 2.75) is 49.8 Å². The minimum absolute atomic E-state index is 0.169. The van der Waals surface area contributed by atoms with Crippen LogP contribution in [0, 0.1) is 6.92 Å². The Morgan fingerprint density at radius 3 is 2.91 bits per heavy atom. The minimum atomic E-state index is -0.169. The molecule has 0 aliphatic carbocycles. The largest absolute Gasteiger partial charge is 0.338 e. The lowest BCUT2D eigenvalue weighted by Crippen LogP contribution is -2.13. The van der Waals surface area contributed by atoms with E-state index in [1.54, 1.807) is 6.92 Å². The molecule has 0 radical (unpaired) electrons. The van der Waals surface area contributed by atoms with Gasteiger partial charge >= 0.3 is 0 Å². The lowest BCUT2D eigenvalue weighted by atomic mass is 10.1. The standard InChI is InChI=1S/C24H24N6O2S/c1-16-25-22(32-29-16)15-33-20-11-5-4-10-19(20)24(31)26-18-9-7-8-17(14-18)23-28-27-21-12-3-2-6-13-30(21)23/h4-5,7-11,14H,2-3,6,12-13,15H2,1H3,(H,26,31). The van der Waals surface area contributed by atoms with Crippen molar-refractivity contribution in [3.05, 3.63) is 71.6 Å². The summed E-state index contributed by atoms with van der Waals surface area (Å²) in [5.74, 6) is 3.36. The molecular weight excluding hydrogens is 436 g/mol. The van der Waals surface area contributed by atoms with Crippen LogP contribution in [-0.4, -0.2) is 30.8 Å². The van der Waals surface area contributed by atoms with Crippen molar-refractivity contribution < 1.29 is 9.32 Å². The predicted octanol–water partition coefficient (Wildman–Crippen LogP) is 4.91. The highest BCUT2D eigenvalue weighted by molar-refractivity contribution is 7.98. The summed E-state index contributed by atoms with van der Waals surface area (Å²) in [4.78, 5) is 18.2. The molecule has 1 aliphatic heterocycles. The average molecular weight is 461 g/mol. The van der Waals surface area contributed by atoms with Crippen molar-refractivity contribution in [1.82, 2.24) is 24.9 Å². The third-order valence-electron chi connectivity index (χ3n) is 5.54. The van der Waals surface area contributed by atoms with Crippen LogP contribution in [0.2, 0.25) is 0 Å². The number of rotatable bonds is 6. The van der Waals surface area contributed by atoms with E-state index in [-0.39, 0.29) is 5.91 Å². The van der Waals surface area contributed by atoms with Crippen LogP contribution >= 0.6 is 11.8 Å². The number of aryl methyl sites for hydroxylation is 2. The summed E-state index contributed by atoms with van der Waals surface area (Å²) in [7, 11) is 0. The third-order valence-corrected chi connectivity index (χ3v) is 6.60. The van der Waals surface area contributed by atoms with Crippen LogP contribution < -0.4 is 5.32 Å². The molecule has 0 spiro atoms. The summed E-state index contributed by atoms with van der Waals surface area (Å²) in [5.41, 5.74) is 2.26. The molecular formula is C24H24N6O2S. The quantitative estimate of drug-likeness (QED) is 0.408. The highest BCUT2D eigenvalue weighted by Gasteiger charge is 2.17. The van der Waals surface area contributed by atoms with E-state index in [1.807, 2.05) is 48.5 Å². The molecule has 1 amide bonds. The zero-order chi connectivity index (χ0) is 22.6. The van der Waals surface area contributed by atoms with Gasteiger partial charge in [0.2, 0.25) is 5.89 Å². The van der Waals surface area contributed by atoms with Gasteiger partial charge in [0.05, 0.1) is 11.3 Å². The second kappa shape index (κ2) is 9.58. The van der Waals surface area contributed by atoms with Gasteiger partial charge in [0.25, 0.3) is 5.91 Å². The minimum Gasteiger partial charge on any atom is -0.338 e. The van der Waals surface area contributed by atoms with Crippen LogP contribution in [0.1, 0.15) is 47.2 Å². The van der Waals surface area contributed by atoms with E-state index in [1.165, 1.54) is 18.2 Å². The number of fused-ring (bicyclic) bond motifs is 1. The van der Waals surface area contributed by atoms with Crippen LogP contribution in [0.4, 0.5) is 5.69 Å². The summed E-state index contributed by atoms with van der Waals surface area (Å²) in [6, 6.07) is 15.3. The van der Waals surface area contributed by atoms with Gasteiger partial charge in [0.15, 0.2) is 11.6 Å².